The molecule has 1 aromatic heterocycles. The van der Waals surface area contributed by atoms with Crippen molar-refractivity contribution in [3.8, 4) is 0 Å². The molecule has 4 heteroatoms. The number of carbonyl (C=O) groups excluding carboxylic acids is 1. The molecule has 1 aromatic rings. The smallest absolute Gasteiger partial charge is 0.240 e. The van der Waals surface area contributed by atoms with Crippen LogP contribution in [-0.4, -0.2) is 16.4 Å². The van der Waals surface area contributed by atoms with Crippen molar-refractivity contribution in [1.29, 1.82) is 0 Å². The van der Waals surface area contributed by atoms with E-state index in [9.17, 15) is 4.79 Å². The highest BCUT2D eigenvalue weighted by molar-refractivity contribution is 5.85. The van der Waals surface area contributed by atoms with E-state index in [-0.39, 0.29) is 5.91 Å². The lowest BCUT2D eigenvalue weighted by molar-refractivity contribution is -0.126. The maximum atomic E-state index is 11.9. The Bertz CT molecular complexity index is 388. The van der Waals surface area contributed by atoms with E-state index >= 15 is 0 Å². The van der Waals surface area contributed by atoms with Gasteiger partial charge in [-0.05, 0) is 37.5 Å². The van der Waals surface area contributed by atoms with Gasteiger partial charge >= 0.3 is 0 Å². The Balaban J connectivity index is 2.57. The fraction of sp³-hybridized carbons (Fsp3) is 0.538. The number of hydrogen-bond donors (Lipinski definition) is 2. The fourth-order valence-electron chi connectivity index (χ4n) is 1.69. The Kier molecular flexibility index (Phi) is 4.63. The molecule has 0 saturated carbocycles. The Hall–Kier alpha value is -1.42. The maximum Gasteiger partial charge on any atom is 0.240 e. The molecule has 0 aliphatic rings. The van der Waals surface area contributed by atoms with Crippen molar-refractivity contribution in [2.75, 3.05) is 0 Å². The summed E-state index contributed by atoms with van der Waals surface area (Å²) >= 11 is 0. The number of carbonyl (C=O) groups is 1. The monoisotopic (exact) mass is 235 g/mol. The standard InChI is InChI=1S/C13H21N3O/c1-4-6-13(3,14)12(17)16-9-11-8-15-7-5-10(11)2/h5,7-8H,4,6,9,14H2,1-3H3,(H,16,17). The Labute approximate surface area is 103 Å². The second-order valence-corrected chi connectivity index (χ2v) is 4.65. The summed E-state index contributed by atoms with van der Waals surface area (Å²) in [7, 11) is 0. The maximum absolute atomic E-state index is 11.9. The lowest BCUT2D eigenvalue weighted by atomic mass is 9.96. The van der Waals surface area contributed by atoms with E-state index in [0.29, 0.717) is 13.0 Å². The highest BCUT2D eigenvalue weighted by Gasteiger charge is 2.26. The summed E-state index contributed by atoms with van der Waals surface area (Å²) in [6, 6.07) is 1.93. The number of aryl methyl sites for hydroxylation is 1. The summed E-state index contributed by atoms with van der Waals surface area (Å²) in [6.07, 6.45) is 5.09. The molecule has 3 N–H and O–H groups in total. The van der Waals surface area contributed by atoms with E-state index in [0.717, 1.165) is 17.5 Å². The normalized spacial score (nSPS) is 14.1. The van der Waals surface area contributed by atoms with Gasteiger partial charge in [-0.1, -0.05) is 13.3 Å². The van der Waals surface area contributed by atoms with Crippen molar-refractivity contribution in [2.24, 2.45) is 5.73 Å². The first-order valence-electron chi connectivity index (χ1n) is 5.94. The first kappa shape index (κ1) is 13.6. The number of nitrogens with one attached hydrogen (secondary N) is 1. The Morgan fingerprint density at radius 3 is 2.88 bits per heavy atom. The van der Waals surface area contributed by atoms with Crippen molar-refractivity contribution in [3.63, 3.8) is 0 Å². The molecule has 17 heavy (non-hydrogen) atoms. The summed E-state index contributed by atoms with van der Waals surface area (Å²) in [5.74, 6) is -0.109. The molecule has 4 nitrogen and oxygen atoms in total. The number of hydrogen-bond acceptors (Lipinski definition) is 3. The molecular formula is C13H21N3O. The Morgan fingerprint density at radius 2 is 2.29 bits per heavy atom. The minimum Gasteiger partial charge on any atom is -0.350 e. The van der Waals surface area contributed by atoms with Gasteiger partial charge in [-0.2, -0.15) is 0 Å². The average molecular weight is 235 g/mol. The molecule has 1 heterocycles. The van der Waals surface area contributed by atoms with E-state index in [2.05, 4.69) is 10.3 Å². The van der Waals surface area contributed by atoms with E-state index in [1.165, 1.54) is 0 Å². The predicted octanol–water partition coefficient (Wildman–Crippen LogP) is 1.52. The lowest BCUT2D eigenvalue weighted by Crippen LogP contribution is -2.51. The number of nitrogens with zero attached hydrogens (tertiary/aromatic N) is 1. The third kappa shape index (κ3) is 3.82. The third-order valence-corrected chi connectivity index (χ3v) is 2.87. The molecule has 1 atom stereocenters. The molecule has 0 aliphatic carbocycles. The van der Waals surface area contributed by atoms with Gasteiger partial charge in [0.2, 0.25) is 5.91 Å². The SMILES string of the molecule is CCCC(C)(N)C(=O)NCc1cnccc1C. The number of nitrogens with two attached hydrogens (primary N) is 1. The summed E-state index contributed by atoms with van der Waals surface area (Å²) < 4.78 is 0. The highest BCUT2D eigenvalue weighted by atomic mass is 16.2. The molecule has 0 fully saturated rings. The van der Waals surface area contributed by atoms with Crippen molar-refractivity contribution in [1.82, 2.24) is 10.3 Å². The summed E-state index contributed by atoms with van der Waals surface area (Å²) in [5, 5.41) is 2.86. The van der Waals surface area contributed by atoms with Gasteiger partial charge < -0.3 is 11.1 Å². The summed E-state index contributed by atoms with van der Waals surface area (Å²) in [4.78, 5) is 15.9. The number of pyridine rings is 1. The minimum absolute atomic E-state index is 0.109. The average Bonchev–Trinajstić information content (AvgIpc) is 2.27. The quantitative estimate of drug-likeness (QED) is 0.813. The number of aromatic nitrogens is 1. The molecule has 0 spiro atoms. The molecule has 94 valence electrons. The van der Waals surface area contributed by atoms with Gasteiger partial charge in [-0.15, -0.1) is 0 Å². The van der Waals surface area contributed by atoms with Gasteiger partial charge in [0.05, 0.1) is 5.54 Å². The second-order valence-electron chi connectivity index (χ2n) is 4.65. The zero-order chi connectivity index (χ0) is 12.9. The number of amides is 1. The van der Waals surface area contributed by atoms with Crippen LogP contribution in [0.2, 0.25) is 0 Å². The van der Waals surface area contributed by atoms with Crippen LogP contribution in [0.4, 0.5) is 0 Å². The lowest BCUT2D eigenvalue weighted by Gasteiger charge is -2.23. The van der Waals surface area contributed by atoms with Crippen LogP contribution in [0.5, 0.6) is 0 Å². The zero-order valence-corrected chi connectivity index (χ0v) is 10.8. The van der Waals surface area contributed by atoms with Crippen LogP contribution in [0.25, 0.3) is 0 Å². The molecule has 0 aliphatic heterocycles. The van der Waals surface area contributed by atoms with Gasteiger partial charge in [0, 0.05) is 18.9 Å². The van der Waals surface area contributed by atoms with E-state index < -0.39 is 5.54 Å². The zero-order valence-electron chi connectivity index (χ0n) is 10.8. The van der Waals surface area contributed by atoms with Crippen molar-refractivity contribution < 1.29 is 4.79 Å². The topological polar surface area (TPSA) is 68.0 Å². The van der Waals surface area contributed by atoms with Crippen LogP contribution in [0, 0.1) is 6.92 Å². The highest BCUT2D eigenvalue weighted by Crippen LogP contribution is 2.10. The van der Waals surface area contributed by atoms with Gasteiger partial charge in [0.1, 0.15) is 0 Å². The molecule has 0 aromatic carbocycles. The van der Waals surface area contributed by atoms with Gasteiger partial charge in [0.25, 0.3) is 0 Å². The fourth-order valence-corrected chi connectivity index (χ4v) is 1.69. The second kappa shape index (κ2) is 5.77. The summed E-state index contributed by atoms with van der Waals surface area (Å²) in [6.45, 7) is 6.26. The minimum atomic E-state index is -0.787. The summed E-state index contributed by atoms with van der Waals surface area (Å²) in [5.41, 5.74) is 7.30. The van der Waals surface area contributed by atoms with E-state index in [1.807, 2.05) is 19.9 Å². The van der Waals surface area contributed by atoms with Gasteiger partial charge in [-0.25, -0.2) is 0 Å². The van der Waals surface area contributed by atoms with Crippen LogP contribution in [0.3, 0.4) is 0 Å². The van der Waals surface area contributed by atoms with Gasteiger partial charge in [0.15, 0.2) is 0 Å². The molecular weight excluding hydrogens is 214 g/mol. The van der Waals surface area contributed by atoms with Crippen LogP contribution in [-0.2, 0) is 11.3 Å². The largest absolute Gasteiger partial charge is 0.350 e. The first-order valence-corrected chi connectivity index (χ1v) is 5.94. The van der Waals surface area contributed by atoms with Crippen molar-refractivity contribution in [3.05, 3.63) is 29.6 Å². The molecule has 1 unspecified atom stereocenters. The molecule has 1 amide bonds. The Morgan fingerprint density at radius 1 is 1.59 bits per heavy atom. The molecule has 0 bridgehead atoms. The predicted molar refractivity (Wildman–Crippen MR) is 68.3 cm³/mol. The molecule has 0 saturated heterocycles. The first-order chi connectivity index (χ1) is 7.97. The van der Waals surface area contributed by atoms with Crippen LogP contribution in [0.15, 0.2) is 18.5 Å². The van der Waals surface area contributed by atoms with E-state index in [1.54, 1.807) is 19.3 Å². The van der Waals surface area contributed by atoms with Gasteiger partial charge in [-0.3, -0.25) is 9.78 Å². The van der Waals surface area contributed by atoms with Crippen LogP contribution >= 0.6 is 0 Å². The molecule has 0 radical (unpaired) electrons. The van der Waals surface area contributed by atoms with Crippen LogP contribution < -0.4 is 11.1 Å². The molecule has 1 rings (SSSR count). The van der Waals surface area contributed by atoms with Crippen molar-refractivity contribution >= 4 is 5.91 Å². The number of rotatable bonds is 5. The third-order valence-electron chi connectivity index (χ3n) is 2.87. The van der Waals surface area contributed by atoms with Crippen molar-refractivity contribution in [2.45, 2.75) is 45.7 Å². The van der Waals surface area contributed by atoms with Crippen LogP contribution in [0.1, 0.15) is 37.8 Å². The van der Waals surface area contributed by atoms with E-state index in [4.69, 9.17) is 5.73 Å².